The summed E-state index contributed by atoms with van der Waals surface area (Å²) in [6.45, 7) is 1.07. The molecule has 1 aliphatic heterocycles. The second kappa shape index (κ2) is 9.07. The van der Waals surface area contributed by atoms with E-state index in [1.54, 1.807) is 12.1 Å². The zero-order valence-corrected chi connectivity index (χ0v) is 16.1. The molecule has 0 bridgehead atoms. The molecule has 1 heterocycles. The first kappa shape index (κ1) is 18.8. The number of para-hydroxylation sites is 1. The number of thioether (sulfide) groups is 1. The molecule has 0 radical (unpaired) electrons. The number of hydrogen-bond acceptors (Lipinski definition) is 5. The first-order valence-corrected chi connectivity index (χ1v) is 9.57. The van der Waals surface area contributed by atoms with E-state index < -0.39 is 0 Å². The zero-order valence-electron chi connectivity index (χ0n) is 13.7. The average Bonchev–Trinajstić information content (AvgIpc) is 2.95. The summed E-state index contributed by atoms with van der Waals surface area (Å²) in [7, 11) is 0. The van der Waals surface area contributed by atoms with Gasteiger partial charge in [-0.2, -0.15) is 0 Å². The van der Waals surface area contributed by atoms with Crippen LogP contribution in [0.2, 0.25) is 5.02 Å². The highest BCUT2D eigenvalue weighted by molar-refractivity contribution is 8.26. The molecule has 4 nitrogen and oxygen atoms in total. The van der Waals surface area contributed by atoms with Gasteiger partial charge in [0, 0.05) is 6.42 Å². The fraction of sp³-hybridized carbons (Fsp3) is 0.158. The van der Waals surface area contributed by atoms with E-state index in [2.05, 4.69) is 5.32 Å². The van der Waals surface area contributed by atoms with Crippen molar-refractivity contribution in [1.82, 2.24) is 5.32 Å². The molecule has 0 unspecified atom stereocenters. The van der Waals surface area contributed by atoms with Crippen LogP contribution < -0.4 is 14.8 Å². The van der Waals surface area contributed by atoms with E-state index in [1.165, 1.54) is 11.8 Å². The van der Waals surface area contributed by atoms with Crippen LogP contribution in [0.5, 0.6) is 11.5 Å². The Balaban J connectivity index is 1.43. The lowest BCUT2D eigenvalue weighted by molar-refractivity contribution is -0.115. The molecule has 1 fully saturated rings. The van der Waals surface area contributed by atoms with Crippen molar-refractivity contribution < 1.29 is 14.3 Å². The molecule has 0 spiro atoms. The molecule has 0 aliphatic carbocycles. The zero-order chi connectivity index (χ0) is 18.4. The van der Waals surface area contributed by atoms with Crippen LogP contribution in [-0.4, -0.2) is 23.4 Å². The van der Waals surface area contributed by atoms with Crippen LogP contribution in [0.1, 0.15) is 12.0 Å². The summed E-state index contributed by atoms with van der Waals surface area (Å²) in [5.74, 6) is 1.29. The lowest BCUT2D eigenvalue weighted by atomic mass is 10.2. The monoisotopic (exact) mass is 405 g/mol. The summed E-state index contributed by atoms with van der Waals surface area (Å²) in [6, 6.07) is 14.9. The number of ether oxygens (including phenoxy) is 2. The second-order valence-corrected chi connectivity index (χ2v) is 7.53. The molecule has 2 aromatic rings. The van der Waals surface area contributed by atoms with E-state index in [9.17, 15) is 4.79 Å². The number of nitrogens with one attached hydrogen (secondary N) is 1. The molecule has 1 N–H and O–H groups in total. The molecule has 1 saturated heterocycles. The van der Waals surface area contributed by atoms with Gasteiger partial charge in [0.05, 0.1) is 23.1 Å². The Labute approximate surface area is 166 Å². The summed E-state index contributed by atoms with van der Waals surface area (Å²) >= 11 is 12.3. The second-order valence-electron chi connectivity index (χ2n) is 5.40. The van der Waals surface area contributed by atoms with E-state index in [0.717, 1.165) is 17.7 Å². The van der Waals surface area contributed by atoms with Gasteiger partial charge in [-0.1, -0.05) is 59.8 Å². The molecule has 7 heteroatoms. The predicted molar refractivity (Wildman–Crippen MR) is 110 cm³/mol. The van der Waals surface area contributed by atoms with Crippen molar-refractivity contribution in [2.24, 2.45) is 0 Å². The molecule has 0 atom stereocenters. The average molecular weight is 406 g/mol. The Bertz CT molecular complexity index is 837. The number of amides is 1. The van der Waals surface area contributed by atoms with Gasteiger partial charge in [0.2, 0.25) is 0 Å². The van der Waals surface area contributed by atoms with Gasteiger partial charge in [0.1, 0.15) is 15.8 Å². The van der Waals surface area contributed by atoms with Crippen molar-refractivity contribution in [3.8, 4) is 11.5 Å². The minimum atomic E-state index is -0.154. The number of rotatable bonds is 7. The van der Waals surface area contributed by atoms with Crippen molar-refractivity contribution in [3.63, 3.8) is 0 Å². The molecular formula is C19H16ClNO3S2. The molecule has 1 amide bonds. The van der Waals surface area contributed by atoms with Gasteiger partial charge in [-0.05, 0) is 35.9 Å². The standard InChI is InChI=1S/C19H16ClNO3S2/c20-15-4-1-2-5-16(15)24-11-3-10-23-14-8-6-13(7-9-14)12-17-18(22)21-19(25)26-17/h1-2,4-9,12H,3,10-11H2,(H,21,22,25). The molecule has 3 rings (SSSR count). The van der Waals surface area contributed by atoms with E-state index in [0.29, 0.717) is 33.2 Å². The third-order valence-corrected chi connectivity index (χ3v) is 4.95. The lowest BCUT2D eigenvalue weighted by Gasteiger charge is -2.09. The van der Waals surface area contributed by atoms with Crippen LogP contribution in [0.15, 0.2) is 53.4 Å². The van der Waals surface area contributed by atoms with Crippen molar-refractivity contribution in [2.45, 2.75) is 6.42 Å². The number of halogens is 1. The maximum absolute atomic E-state index is 11.6. The highest BCUT2D eigenvalue weighted by Gasteiger charge is 2.21. The van der Waals surface area contributed by atoms with Crippen LogP contribution >= 0.6 is 35.6 Å². The van der Waals surface area contributed by atoms with Crippen LogP contribution in [0.3, 0.4) is 0 Å². The lowest BCUT2D eigenvalue weighted by Crippen LogP contribution is -2.17. The summed E-state index contributed by atoms with van der Waals surface area (Å²) < 4.78 is 11.8. The van der Waals surface area contributed by atoms with Gasteiger partial charge in [-0.15, -0.1) is 0 Å². The minimum absolute atomic E-state index is 0.154. The number of carbonyl (C=O) groups is 1. The van der Waals surface area contributed by atoms with Crippen molar-refractivity contribution in [2.75, 3.05) is 13.2 Å². The number of benzene rings is 2. The number of carbonyl (C=O) groups excluding carboxylic acids is 1. The third-order valence-electron chi connectivity index (χ3n) is 3.47. The highest BCUT2D eigenvalue weighted by Crippen LogP contribution is 2.26. The maximum atomic E-state index is 11.6. The quantitative estimate of drug-likeness (QED) is 0.412. The third kappa shape index (κ3) is 5.24. The minimum Gasteiger partial charge on any atom is -0.493 e. The smallest absolute Gasteiger partial charge is 0.263 e. The van der Waals surface area contributed by atoms with Crippen molar-refractivity contribution in [1.29, 1.82) is 0 Å². The Kier molecular flexibility index (Phi) is 6.55. The molecule has 1 aliphatic rings. The van der Waals surface area contributed by atoms with Crippen LogP contribution in [-0.2, 0) is 4.79 Å². The maximum Gasteiger partial charge on any atom is 0.263 e. The van der Waals surface area contributed by atoms with Gasteiger partial charge in [-0.3, -0.25) is 4.79 Å². The summed E-state index contributed by atoms with van der Waals surface area (Å²) in [4.78, 5) is 12.2. The number of thiocarbonyl (C=S) groups is 1. The van der Waals surface area contributed by atoms with Crippen molar-refractivity contribution >= 4 is 51.9 Å². The largest absolute Gasteiger partial charge is 0.493 e. The SMILES string of the molecule is O=C1NC(=S)SC1=Cc1ccc(OCCCOc2ccccc2Cl)cc1. The fourth-order valence-corrected chi connectivity index (χ4v) is 3.46. The van der Waals surface area contributed by atoms with E-state index in [-0.39, 0.29) is 5.91 Å². The van der Waals surface area contributed by atoms with E-state index in [1.807, 2.05) is 42.5 Å². The van der Waals surface area contributed by atoms with Gasteiger partial charge in [-0.25, -0.2) is 0 Å². The summed E-state index contributed by atoms with van der Waals surface area (Å²) in [6.07, 6.45) is 2.55. The van der Waals surface area contributed by atoms with Crippen LogP contribution in [0.25, 0.3) is 6.08 Å². The van der Waals surface area contributed by atoms with E-state index in [4.69, 9.17) is 33.3 Å². The van der Waals surface area contributed by atoms with Gasteiger partial charge in [0.25, 0.3) is 5.91 Å². The van der Waals surface area contributed by atoms with Gasteiger partial charge in [0.15, 0.2) is 0 Å². The molecule has 2 aromatic carbocycles. The first-order valence-electron chi connectivity index (χ1n) is 7.97. The van der Waals surface area contributed by atoms with Gasteiger partial charge < -0.3 is 14.8 Å². The predicted octanol–water partition coefficient (Wildman–Crippen LogP) is 4.68. The Morgan fingerprint density at radius 3 is 2.50 bits per heavy atom. The van der Waals surface area contributed by atoms with Crippen LogP contribution in [0.4, 0.5) is 0 Å². The fourth-order valence-electron chi connectivity index (χ4n) is 2.23. The molecular weight excluding hydrogens is 390 g/mol. The number of hydrogen-bond donors (Lipinski definition) is 1. The van der Waals surface area contributed by atoms with Gasteiger partial charge >= 0.3 is 0 Å². The molecule has 0 aromatic heterocycles. The first-order chi connectivity index (χ1) is 12.6. The highest BCUT2D eigenvalue weighted by atomic mass is 35.5. The normalized spacial score (nSPS) is 15.2. The van der Waals surface area contributed by atoms with Crippen molar-refractivity contribution in [3.05, 3.63) is 64.0 Å². The van der Waals surface area contributed by atoms with Crippen LogP contribution in [0, 0.1) is 0 Å². The molecule has 134 valence electrons. The Morgan fingerprint density at radius 1 is 1.08 bits per heavy atom. The summed E-state index contributed by atoms with van der Waals surface area (Å²) in [5.41, 5.74) is 0.918. The van der Waals surface area contributed by atoms with E-state index >= 15 is 0 Å². The summed E-state index contributed by atoms with van der Waals surface area (Å²) in [5, 5.41) is 3.20. The Morgan fingerprint density at radius 2 is 1.81 bits per heavy atom. The molecule has 26 heavy (non-hydrogen) atoms. The Hall–Kier alpha value is -2.02. The molecule has 0 saturated carbocycles. The topological polar surface area (TPSA) is 47.6 Å².